The van der Waals surface area contributed by atoms with Gasteiger partial charge in [0, 0.05) is 0 Å². The van der Waals surface area contributed by atoms with Crippen LogP contribution in [0.4, 0.5) is 0 Å². The largest absolute Gasteiger partial charge is 0.309 e. The van der Waals surface area contributed by atoms with Gasteiger partial charge in [-0.25, -0.2) is 0 Å². The van der Waals surface area contributed by atoms with Gasteiger partial charge in [0.15, 0.2) is 0 Å². The molecule has 136 valence electrons. The summed E-state index contributed by atoms with van der Waals surface area (Å²) in [5.41, 5.74) is 0. The van der Waals surface area contributed by atoms with E-state index in [0.717, 1.165) is 0 Å². The molecule has 0 unspecified atom stereocenters. The van der Waals surface area contributed by atoms with Crippen molar-refractivity contribution in [3.8, 4) is 0 Å². The SMILES string of the molecule is CCC.CCCCCCCCCCCCCCCCN(C)C. The third-order valence-corrected chi connectivity index (χ3v) is 3.96. The molecule has 0 saturated carbocycles. The number of nitrogens with zero attached hydrogens (tertiary/aromatic N) is 1. The topological polar surface area (TPSA) is 3.24 Å². The molecule has 0 fully saturated rings. The van der Waals surface area contributed by atoms with Crippen LogP contribution < -0.4 is 0 Å². The molecule has 0 N–H and O–H groups in total. The van der Waals surface area contributed by atoms with Crippen molar-refractivity contribution in [2.45, 2.75) is 117 Å². The molecular weight excluding hydrogens is 266 g/mol. The van der Waals surface area contributed by atoms with Gasteiger partial charge in [-0.15, -0.1) is 0 Å². The van der Waals surface area contributed by atoms with E-state index >= 15 is 0 Å². The Labute approximate surface area is 143 Å². The van der Waals surface area contributed by atoms with Gasteiger partial charge in [0.1, 0.15) is 0 Å². The molecule has 0 rings (SSSR count). The van der Waals surface area contributed by atoms with Crippen LogP contribution in [-0.2, 0) is 0 Å². The molecule has 0 aromatic carbocycles. The first-order valence-electron chi connectivity index (χ1n) is 10.3. The highest BCUT2D eigenvalue weighted by Crippen LogP contribution is 2.12. The fourth-order valence-corrected chi connectivity index (χ4v) is 2.62. The molecule has 0 aromatic heterocycles. The van der Waals surface area contributed by atoms with E-state index in [4.69, 9.17) is 0 Å². The number of hydrogen-bond donors (Lipinski definition) is 0. The van der Waals surface area contributed by atoms with E-state index in [2.05, 4.69) is 39.8 Å². The summed E-state index contributed by atoms with van der Waals surface area (Å²) in [7, 11) is 4.34. The lowest BCUT2D eigenvalue weighted by molar-refractivity contribution is 0.389. The first-order valence-corrected chi connectivity index (χ1v) is 10.3. The molecule has 0 aliphatic heterocycles. The molecule has 22 heavy (non-hydrogen) atoms. The van der Waals surface area contributed by atoms with Gasteiger partial charge in [-0.3, -0.25) is 0 Å². The van der Waals surface area contributed by atoms with E-state index in [1.807, 2.05) is 0 Å². The minimum atomic E-state index is 1.25. The van der Waals surface area contributed by atoms with Crippen LogP contribution in [0.15, 0.2) is 0 Å². The molecule has 1 heteroatoms. The summed E-state index contributed by atoms with van der Waals surface area (Å²) in [6, 6.07) is 0. The van der Waals surface area contributed by atoms with E-state index < -0.39 is 0 Å². The first kappa shape index (κ1) is 24.2. The van der Waals surface area contributed by atoms with Crippen LogP contribution in [-0.4, -0.2) is 25.5 Å². The zero-order chi connectivity index (χ0) is 16.9. The number of rotatable bonds is 15. The van der Waals surface area contributed by atoms with E-state index in [0.29, 0.717) is 0 Å². The Morgan fingerprint density at radius 1 is 0.455 bits per heavy atom. The minimum Gasteiger partial charge on any atom is -0.309 e. The van der Waals surface area contributed by atoms with E-state index in [1.165, 1.54) is 103 Å². The van der Waals surface area contributed by atoms with Gasteiger partial charge in [-0.2, -0.15) is 0 Å². The molecule has 0 spiro atoms. The minimum absolute atomic E-state index is 1.25. The second kappa shape index (κ2) is 23.2. The van der Waals surface area contributed by atoms with Crippen molar-refractivity contribution in [3.63, 3.8) is 0 Å². The number of unbranched alkanes of at least 4 members (excludes halogenated alkanes) is 13. The van der Waals surface area contributed by atoms with Crippen molar-refractivity contribution in [3.05, 3.63) is 0 Å². The Bertz CT molecular complexity index is 165. The molecule has 0 aliphatic carbocycles. The van der Waals surface area contributed by atoms with E-state index in [1.54, 1.807) is 0 Å². The summed E-state index contributed by atoms with van der Waals surface area (Å²) in [5, 5.41) is 0. The quantitative estimate of drug-likeness (QED) is 0.284. The maximum Gasteiger partial charge on any atom is -0.00248 e. The molecule has 0 atom stereocenters. The normalized spacial score (nSPS) is 10.6. The molecule has 0 aromatic rings. The average Bonchev–Trinajstić information content (AvgIpc) is 2.48. The molecule has 0 aliphatic rings. The van der Waals surface area contributed by atoms with Crippen LogP contribution in [0.5, 0.6) is 0 Å². The van der Waals surface area contributed by atoms with Crippen molar-refractivity contribution >= 4 is 0 Å². The van der Waals surface area contributed by atoms with Gasteiger partial charge >= 0.3 is 0 Å². The summed E-state index contributed by atoms with van der Waals surface area (Å²) in [6.07, 6.45) is 21.6. The van der Waals surface area contributed by atoms with Crippen molar-refractivity contribution in [1.82, 2.24) is 4.90 Å². The number of hydrogen-bond acceptors (Lipinski definition) is 1. The zero-order valence-corrected chi connectivity index (χ0v) is 16.8. The smallest absolute Gasteiger partial charge is 0.00248 e. The third-order valence-electron chi connectivity index (χ3n) is 3.96. The van der Waals surface area contributed by atoms with Crippen LogP contribution >= 0.6 is 0 Å². The molecule has 0 radical (unpaired) electrons. The molecule has 0 heterocycles. The summed E-state index contributed by atoms with van der Waals surface area (Å²) in [6.45, 7) is 7.80. The van der Waals surface area contributed by atoms with Crippen LogP contribution in [0.25, 0.3) is 0 Å². The highest BCUT2D eigenvalue weighted by molar-refractivity contribution is 4.50. The van der Waals surface area contributed by atoms with Gasteiger partial charge in [0.25, 0.3) is 0 Å². The van der Waals surface area contributed by atoms with Crippen molar-refractivity contribution in [2.75, 3.05) is 20.6 Å². The van der Waals surface area contributed by atoms with Crippen molar-refractivity contribution in [1.29, 1.82) is 0 Å². The van der Waals surface area contributed by atoms with Crippen LogP contribution in [0.2, 0.25) is 0 Å². The Kier molecular flexibility index (Phi) is 25.6. The molecule has 1 nitrogen and oxygen atoms in total. The summed E-state index contributed by atoms with van der Waals surface area (Å²) >= 11 is 0. The average molecular weight is 314 g/mol. The highest BCUT2D eigenvalue weighted by Gasteiger charge is 1.94. The van der Waals surface area contributed by atoms with E-state index in [9.17, 15) is 0 Å². The summed E-state index contributed by atoms with van der Waals surface area (Å²) in [5.74, 6) is 0. The maximum atomic E-state index is 2.29. The fourth-order valence-electron chi connectivity index (χ4n) is 2.62. The van der Waals surface area contributed by atoms with Gasteiger partial charge in [-0.1, -0.05) is 111 Å². The second-order valence-corrected chi connectivity index (χ2v) is 7.11. The van der Waals surface area contributed by atoms with Crippen LogP contribution in [0, 0.1) is 0 Å². The summed E-state index contributed by atoms with van der Waals surface area (Å²) in [4.78, 5) is 2.29. The van der Waals surface area contributed by atoms with Crippen LogP contribution in [0.3, 0.4) is 0 Å². The lowest BCUT2D eigenvalue weighted by Crippen LogP contribution is -2.12. The molecule has 0 amide bonds. The standard InChI is InChI=1S/C18H39N.C3H8/c1-4-5-6-7-8-9-10-11-12-13-14-15-16-17-18-19(2)3;1-3-2/h4-18H2,1-3H3;3H2,1-2H3. The first-order chi connectivity index (χ1) is 10.7. The Morgan fingerprint density at radius 2 is 0.727 bits per heavy atom. The maximum absolute atomic E-state index is 2.29. The monoisotopic (exact) mass is 313 g/mol. The van der Waals surface area contributed by atoms with Crippen LogP contribution in [0.1, 0.15) is 117 Å². The van der Waals surface area contributed by atoms with Gasteiger partial charge in [-0.05, 0) is 27.1 Å². The molecule has 0 saturated heterocycles. The second-order valence-electron chi connectivity index (χ2n) is 7.11. The summed E-state index contributed by atoms with van der Waals surface area (Å²) < 4.78 is 0. The lowest BCUT2D eigenvalue weighted by Gasteiger charge is -2.08. The van der Waals surface area contributed by atoms with Gasteiger partial charge < -0.3 is 4.90 Å². The fraction of sp³-hybridized carbons (Fsp3) is 1.00. The molecular formula is C21H47N. The lowest BCUT2D eigenvalue weighted by atomic mass is 10.0. The van der Waals surface area contributed by atoms with Gasteiger partial charge in [0.2, 0.25) is 0 Å². The van der Waals surface area contributed by atoms with Crippen molar-refractivity contribution < 1.29 is 0 Å². The van der Waals surface area contributed by atoms with Gasteiger partial charge in [0.05, 0.1) is 0 Å². The zero-order valence-electron chi connectivity index (χ0n) is 16.8. The Hall–Kier alpha value is -0.0400. The highest BCUT2D eigenvalue weighted by atomic mass is 15.0. The third kappa shape index (κ3) is 28.2. The Balaban J connectivity index is 0. The van der Waals surface area contributed by atoms with Crippen molar-refractivity contribution in [2.24, 2.45) is 0 Å². The predicted molar refractivity (Wildman–Crippen MR) is 105 cm³/mol. The Morgan fingerprint density at radius 3 is 1.00 bits per heavy atom. The van der Waals surface area contributed by atoms with E-state index in [-0.39, 0.29) is 0 Å². The predicted octanol–water partition coefficient (Wildman–Crippen LogP) is 7.45. The molecule has 0 bridgehead atoms.